The van der Waals surface area contributed by atoms with Crippen molar-refractivity contribution in [2.24, 2.45) is 5.18 Å². The fraction of sp³-hybridized carbons (Fsp3) is 0.143. The summed E-state index contributed by atoms with van der Waals surface area (Å²) >= 11 is 8.81. The Kier molecular flexibility index (Phi) is 3.02. The molecule has 0 heterocycles. The Bertz CT molecular complexity index is 249. The van der Waals surface area contributed by atoms with Gasteiger partial charge >= 0.3 is 0 Å². The van der Waals surface area contributed by atoms with Crippen molar-refractivity contribution in [3.05, 3.63) is 39.2 Å². The van der Waals surface area contributed by atoms with Crippen molar-refractivity contribution in [3.8, 4) is 0 Å². The van der Waals surface area contributed by atoms with Crippen LogP contribution >= 0.6 is 27.5 Å². The van der Waals surface area contributed by atoms with Crippen LogP contribution in [0.15, 0.2) is 33.9 Å². The van der Waals surface area contributed by atoms with E-state index in [1.54, 1.807) is 12.1 Å². The summed E-state index contributed by atoms with van der Waals surface area (Å²) in [5, 5.41) is 2.69. The van der Waals surface area contributed by atoms with Crippen LogP contribution in [0.3, 0.4) is 0 Å². The first-order valence-electron chi connectivity index (χ1n) is 2.96. The third kappa shape index (κ3) is 2.27. The maximum atomic E-state index is 10.00. The van der Waals surface area contributed by atoms with E-state index in [0.29, 0.717) is 5.56 Å². The molecule has 2 nitrogen and oxygen atoms in total. The van der Waals surface area contributed by atoms with Crippen molar-refractivity contribution in [3.63, 3.8) is 0 Å². The Balaban J connectivity index is 2.89. The van der Waals surface area contributed by atoms with Crippen LogP contribution in [0.1, 0.15) is 11.1 Å². The number of rotatable bonds is 2. The zero-order valence-electron chi connectivity index (χ0n) is 5.50. The lowest BCUT2D eigenvalue weighted by molar-refractivity contribution is 1.00. The lowest BCUT2D eigenvalue weighted by Crippen LogP contribution is -1.83. The smallest absolute Gasteiger partial charge is 0.149 e. The lowest BCUT2D eigenvalue weighted by Gasteiger charge is -1.99. The second kappa shape index (κ2) is 3.83. The van der Waals surface area contributed by atoms with E-state index in [1.165, 1.54) is 0 Å². The van der Waals surface area contributed by atoms with Gasteiger partial charge in [0.1, 0.15) is 0 Å². The molecule has 0 N–H and O–H groups in total. The minimum atomic E-state index is -0.775. The van der Waals surface area contributed by atoms with Gasteiger partial charge in [-0.3, -0.25) is 0 Å². The van der Waals surface area contributed by atoms with Crippen LogP contribution < -0.4 is 0 Å². The van der Waals surface area contributed by atoms with Crippen molar-refractivity contribution in [2.45, 2.75) is 5.50 Å². The molecule has 0 saturated heterocycles. The van der Waals surface area contributed by atoms with Gasteiger partial charge in [0, 0.05) is 4.47 Å². The van der Waals surface area contributed by atoms with Crippen LogP contribution in [-0.2, 0) is 0 Å². The SMILES string of the molecule is O=NC(Cl)c1ccc(Br)cc1. The molecule has 0 aliphatic carbocycles. The van der Waals surface area contributed by atoms with Crippen molar-refractivity contribution in [1.29, 1.82) is 0 Å². The number of hydrogen-bond donors (Lipinski definition) is 0. The molecule has 0 aromatic heterocycles. The fourth-order valence-electron chi connectivity index (χ4n) is 0.682. The first-order chi connectivity index (χ1) is 5.24. The Hall–Kier alpha value is -0.410. The minimum absolute atomic E-state index is 0.713. The number of nitroso groups, excluding NO2 is 1. The second-order valence-electron chi connectivity index (χ2n) is 1.99. The third-order valence-electron chi connectivity index (χ3n) is 1.24. The van der Waals surface area contributed by atoms with Gasteiger partial charge in [-0.25, -0.2) is 0 Å². The lowest BCUT2D eigenvalue weighted by atomic mass is 10.2. The molecule has 1 unspecified atom stereocenters. The summed E-state index contributed by atoms with van der Waals surface area (Å²) in [6, 6.07) is 7.14. The highest BCUT2D eigenvalue weighted by Crippen LogP contribution is 2.22. The van der Waals surface area contributed by atoms with Crippen molar-refractivity contribution in [1.82, 2.24) is 0 Å². The quantitative estimate of drug-likeness (QED) is 0.438. The molecule has 11 heavy (non-hydrogen) atoms. The van der Waals surface area contributed by atoms with Gasteiger partial charge in [0.15, 0.2) is 5.50 Å². The summed E-state index contributed by atoms with van der Waals surface area (Å²) in [7, 11) is 0. The molecule has 58 valence electrons. The van der Waals surface area contributed by atoms with Crippen LogP contribution in [0.4, 0.5) is 0 Å². The Morgan fingerprint density at radius 2 is 1.91 bits per heavy atom. The van der Waals surface area contributed by atoms with Crippen molar-refractivity contribution >= 4 is 27.5 Å². The van der Waals surface area contributed by atoms with E-state index < -0.39 is 5.50 Å². The van der Waals surface area contributed by atoms with Gasteiger partial charge in [-0.1, -0.05) is 39.7 Å². The summed E-state index contributed by atoms with van der Waals surface area (Å²) < 4.78 is 0.955. The zero-order chi connectivity index (χ0) is 8.27. The number of hydrogen-bond acceptors (Lipinski definition) is 2. The summed E-state index contributed by atoms with van der Waals surface area (Å²) in [6.45, 7) is 0. The molecule has 1 atom stereocenters. The zero-order valence-corrected chi connectivity index (χ0v) is 7.84. The predicted octanol–water partition coefficient (Wildman–Crippen LogP) is 3.45. The normalized spacial score (nSPS) is 12.5. The topological polar surface area (TPSA) is 29.4 Å². The molecular formula is C7H5BrClNO. The van der Waals surface area contributed by atoms with E-state index in [9.17, 15) is 4.91 Å². The van der Waals surface area contributed by atoms with Crippen LogP contribution in [0, 0.1) is 4.91 Å². The number of halogens is 2. The average molecular weight is 234 g/mol. The maximum Gasteiger partial charge on any atom is 0.190 e. The Labute approximate surface area is 77.7 Å². The number of benzene rings is 1. The van der Waals surface area contributed by atoms with Crippen molar-refractivity contribution in [2.75, 3.05) is 0 Å². The third-order valence-corrected chi connectivity index (χ3v) is 2.10. The fourth-order valence-corrected chi connectivity index (χ4v) is 1.09. The highest BCUT2D eigenvalue weighted by Gasteiger charge is 2.05. The van der Waals surface area contributed by atoms with E-state index in [-0.39, 0.29) is 0 Å². The second-order valence-corrected chi connectivity index (χ2v) is 3.32. The van der Waals surface area contributed by atoms with Crippen LogP contribution in [0.2, 0.25) is 0 Å². The van der Waals surface area contributed by atoms with Gasteiger partial charge in [0.2, 0.25) is 0 Å². The van der Waals surface area contributed by atoms with Gasteiger partial charge in [0.05, 0.1) is 0 Å². The summed E-state index contributed by atoms with van der Waals surface area (Å²) in [4.78, 5) is 10.00. The molecule has 0 aliphatic rings. The van der Waals surface area contributed by atoms with Gasteiger partial charge in [-0.2, -0.15) is 0 Å². The highest BCUT2D eigenvalue weighted by molar-refractivity contribution is 9.10. The average Bonchev–Trinajstić information content (AvgIpc) is 2.05. The van der Waals surface area contributed by atoms with Gasteiger partial charge in [-0.05, 0) is 22.9 Å². The van der Waals surface area contributed by atoms with Crippen LogP contribution in [0.5, 0.6) is 0 Å². The summed E-state index contributed by atoms with van der Waals surface area (Å²) in [5.41, 5.74) is -0.0621. The predicted molar refractivity (Wildman–Crippen MR) is 48.5 cm³/mol. The highest BCUT2D eigenvalue weighted by atomic mass is 79.9. The van der Waals surface area contributed by atoms with E-state index in [2.05, 4.69) is 21.1 Å². The first-order valence-corrected chi connectivity index (χ1v) is 4.19. The van der Waals surface area contributed by atoms with Crippen LogP contribution in [0.25, 0.3) is 0 Å². The molecular weight excluding hydrogens is 229 g/mol. The minimum Gasteiger partial charge on any atom is -0.149 e. The molecule has 1 rings (SSSR count). The van der Waals surface area contributed by atoms with E-state index in [0.717, 1.165) is 4.47 Å². The molecule has 0 spiro atoms. The van der Waals surface area contributed by atoms with Gasteiger partial charge < -0.3 is 0 Å². The first kappa shape index (κ1) is 8.68. The molecule has 1 aromatic rings. The molecule has 0 saturated carbocycles. The molecule has 4 heteroatoms. The Morgan fingerprint density at radius 1 is 1.36 bits per heavy atom. The molecule has 0 aliphatic heterocycles. The van der Waals surface area contributed by atoms with E-state index in [1.807, 2.05) is 12.1 Å². The number of alkyl halides is 1. The van der Waals surface area contributed by atoms with Gasteiger partial charge in [0.25, 0.3) is 0 Å². The molecule has 0 radical (unpaired) electrons. The number of nitrogens with zero attached hydrogens (tertiary/aromatic N) is 1. The van der Waals surface area contributed by atoms with E-state index >= 15 is 0 Å². The summed E-state index contributed by atoms with van der Waals surface area (Å²) in [5.74, 6) is 0. The largest absolute Gasteiger partial charge is 0.190 e. The standard InChI is InChI=1S/C7H5BrClNO/c8-6-3-1-5(2-4-6)7(9)10-11/h1-4,7H. The Morgan fingerprint density at radius 3 is 2.36 bits per heavy atom. The molecule has 0 amide bonds. The van der Waals surface area contributed by atoms with Crippen LogP contribution in [-0.4, -0.2) is 0 Å². The monoisotopic (exact) mass is 233 g/mol. The maximum absolute atomic E-state index is 10.00. The molecule has 1 aromatic carbocycles. The van der Waals surface area contributed by atoms with Crippen molar-refractivity contribution < 1.29 is 0 Å². The summed E-state index contributed by atoms with van der Waals surface area (Å²) in [6.07, 6.45) is 0. The molecule has 0 bridgehead atoms. The molecule has 0 fully saturated rings. The van der Waals surface area contributed by atoms with Gasteiger partial charge in [-0.15, -0.1) is 4.91 Å². The van der Waals surface area contributed by atoms with E-state index in [4.69, 9.17) is 11.6 Å².